The quantitative estimate of drug-likeness (QED) is 0.536. The molecule has 0 radical (unpaired) electrons. The molecule has 0 fully saturated rings. The summed E-state index contributed by atoms with van der Waals surface area (Å²) in [5, 5.41) is 16.0. The molecule has 3 N–H and O–H groups in total. The second-order valence-corrected chi connectivity index (χ2v) is 4.82. The van der Waals surface area contributed by atoms with Crippen LogP contribution in [0.3, 0.4) is 0 Å². The summed E-state index contributed by atoms with van der Waals surface area (Å²) in [6.07, 6.45) is 1.93. The average Bonchev–Trinajstić information content (AvgIpc) is 2.28. The molecule has 1 aromatic heterocycles. The first-order valence-corrected chi connectivity index (χ1v) is 6.23. The van der Waals surface area contributed by atoms with E-state index in [1.807, 2.05) is 33.2 Å². The van der Waals surface area contributed by atoms with Crippen LogP contribution in [0.1, 0.15) is 13.8 Å². The molecule has 6 heteroatoms. The van der Waals surface area contributed by atoms with Crippen LogP contribution in [-0.2, 0) is 0 Å². The maximum atomic E-state index is 9.18. The van der Waals surface area contributed by atoms with E-state index in [2.05, 4.69) is 20.6 Å². The van der Waals surface area contributed by atoms with Crippen molar-refractivity contribution >= 4 is 23.4 Å². The van der Waals surface area contributed by atoms with Gasteiger partial charge in [-0.3, -0.25) is 0 Å². The van der Waals surface area contributed by atoms with Crippen molar-refractivity contribution in [1.29, 1.82) is 0 Å². The van der Waals surface area contributed by atoms with Gasteiger partial charge in [-0.15, -0.1) is 0 Å². The smallest absolute Gasteiger partial charge is 0.191 e. The monoisotopic (exact) mass is 242 g/mol. The van der Waals surface area contributed by atoms with Gasteiger partial charge < -0.3 is 15.7 Å². The van der Waals surface area contributed by atoms with Gasteiger partial charge in [0.1, 0.15) is 11.6 Å². The highest BCUT2D eigenvalue weighted by Gasteiger charge is 2.17. The summed E-state index contributed by atoms with van der Waals surface area (Å²) in [4.78, 5) is 8.59. The molecule has 5 nitrogen and oxygen atoms in total. The lowest BCUT2D eigenvalue weighted by molar-refractivity contribution is 0.234. The summed E-state index contributed by atoms with van der Waals surface area (Å²) in [7, 11) is 1.81. The fourth-order valence-electron chi connectivity index (χ4n) is 1.09. The number of thioether (sulfide) groups is 1. The van der Waals surface area contributed by atoms with Gasteiger partial charge in [0.2, 0.25) is 0 Å². The minimum absolute atomic E-state index is 0.0422. The molecule has 1 heterocycles. The van der Waals surface area contributed by atoms with Crippen molar-refractivity contribution in [3.8, 4) is 0 Å². The Morgan fingerprint density at radius 3 is 2.50 bits per heavy atom. The molecule has 0 aliphatic heterocycles. The van der Waals surface area contributed by atoms with Crippen molar-refractivity contribution in [3.63, 3.8) is 0 Å². The van der Waals surface area contributed by atoms with Crippen molar-refractivity contribution < 1.29 is 5.11 Å². The van der Waals surface area contributed by atoms with Crippen molar-refractivity contribution in [2.75, 3.05) is 30.5 Å². The topological polar surface area (TPSA) is 70.1 Å². The Morgan fingerprint density at radius 1 is 1.38 bits per heavy atom. The second-order valence-electron chi connectivity index (χ2n) is 4.04. The molecule has 0 atom stereocenters. The summed E-state index contributed by atoms with van der Waals surface area (Å²) in [5.74, 6) is 1.47. The van der Waals surface area contributed by atoms with Gasteiger partial charge in [0.25, 0.3) is 0 Å². The SMILES string of the molecule is CNc1cc(NC(C)(C)CO)nc(SC)n1. The Balaban J connectivity index is 2.95. The molecule has 1 rings (SSSR count). The van der Waals surface area contributed by atoms with E-state index >= 15 is 0 Å². The van der Waals surface area contributed by atoms with E-state index in [0.717, 1.165) is 5.82 Å². The molecule has 0 aromatic carbocycles. The lowest BCUT2D eigenvalue weighted by Crippen LogP contribution is -2.35. The van der Waals surface area contributed by atoms with E-state index in [1.165, 1.54) is 11.8 Å². The van der Waals surface area contributed by atoms with Gasteiger partial charge in [0, 0.05) is 13.1 Å². The van der Waals surface area contributed by atoms with Crippen LogP contribution in [0.2, 0.25) is 0 Å². The molecule has 1 aromatic rings. The van der Waals surface area contributed by atoms with Crippen LogP contribution in [0, 0.1) is 0 Å². The van der Waals surface area contributed by atoms with Crippen LogP contribution in [0.25, 0.3) is 0 Å². The molecule has 0 aliphatic rings. The number of rotatable bonds is 5. The van der Waals surface area contributed by atoms with E-state index in [1.54, 1.807) is 0 Å². The first-order valence-electron chi connectivity index (χ1n) is 5.00. The fraction of sp³-hybridized carbons (Fsp3) is 0.600. The van der Waals surface area contributed by atoms with Crippen molar-refractivity contribution in [3.05, 3.63) is 6.07 Å². The highest BCUT2D eigenvalue weighted by atomic mass is 32.2. The molecule has 0 bridgehead atoms. The van der Waals surface area contributed by atoms with Crippen LogP contribution >= 0.6 is 11.8 Å². The number of hydrogen-bond donors (Lipinski definition) is 3. The Bertz CT molecular complexity index is 334. The van der Waals surface area contributed by atoms with Gasteiger partial charge >= 0.3 is 0 Å². The molecule has 0 aliphatic carbocycles. The van der Waals surface area contributed by atoms with Crippen LogP contribution in [-0.4, -0.2) is 40.5 Å². The molecule has 0 saturated heterocycles. The first kappa shape index (κ1) is 13.1. The Hall–Kier alpha value is -1.01. The standard InChI is InChI=1S/C10H18N4OS/c1-10(2,6-15)14-8-5-7(11-3)12-9(13-8)16-4/h5,15H,6H2,1-4H3,(H2,11,12,13,14). The fourth-order valence-corrected chi connectivity index (χ4v) is 1.47. The van der Waals surface area contributed by atoms with Gasteiger partial charge in [0.05, 0.1) is 12.1 Å². The Kier molecular flexibility index (Phi) is 4.37. The van der Waals surface area contributed by atoms with Crippen molar-refractivity contribution in [2.24, 2.45) is 0 Å². The number of aliphatic hydroxyl groups excluding tert-OH is 1. The predicted molar refractivity (Wildman–Crippen MR) is 68.1 cm³/mol. The zero-order valence-electron chi connectivity index (χ0n) is 10.0. The van der Waals surface area contributed by atoms with Gasteiger partial charge in [-0.25, -0.2) is 9.97 Å². The highest BCUT2D eigenvalue weighted by Crippen LogP contribution is 2.19. The van der Waals surface area contributed by atoms with Crippen LogP contribution in [0.5, 0.6) is 0 Å². The lowest BCUT2D eigenvalue weighted by atomic mass is 10.1. The summed E-state index contributed by atoms with van der Waals surface area (Å²) in [5.41, 5.74) is -0.394. The Morgan fingerprint density at radius 2 is 2.00 bits per heavy atom. The second kappa shape index (κ2) is 5.36. The predicted octanol–water partition coefficient (Wildman–Crippen LogP) is 1.42. The van der Waals surface area contributed by atoms with E-state index in [-0.39, 0.29) is 6.61 Å². The molecule has 0 unspecified atom stereocenters. The molecule has 0 amide bonds. The minimum atomic E-state index is -0.394. The number of aromatic nitrogens is 2. The van der Waals surface area contributed by atoms with Gasteiger partial charge in [0.15, 0.2) is 5.16 Å². The summed E-state index contributed by atoms with van der Waals surface area (Å²) >= 11 is 1.48. The third-order valence-corrected chi connectivity index (χ3v) is 2.55. The van der Waals surface area contributed by atoms with Gasteiger partial charge in [-0.2, -0.15) is 0 Å². The van der Waals surface area contributed by atoms with E-state index in [9.17, 15) is 5.11 Å². The average molecular weight is 242 g/mol. The van der Waals surface area contributed by atoms with Crippen molar-refractivity contribution in [1.82, 2.24) is 9.97 Å². The number of hydrogen-bond acceptors (Lipinski definition) is 6. The number of nitrogens with zero attached hydrogens (tertiary/aromatic N) is 2. The maximum Gasteiger partial charge on any atom is 0.191 e. The summed E-state index contributed by atoms with van der Waals surface area (Å²) in [6, 6.07) is 1.82. The first-order chi connectivity index (χ1) is 7.50. The number of aliphatic hydroxyl groups is 1. The van der Waals surface area contributed by atoms with Crippen molar-refractivity contribution in [2.45, 2.75) is 24.5 Å². The number of nitrogens with one attached hydrogen (secondary N) is 2. The minimum Gasteiger partial charge on any atom is -0.394 e. The molecular formula is C10H18N4OS. The van der Waals surface area contributed by atoms with Gasteiger partial charge in [-0.05, 0) is 20.1 Å². The van der Waals surface area contributed by atoms with Crippen LogP contribution in [0.4, 0.5) is 11.6 Å². The zero-order chi connectivity index (χ0) is 12.2. The molecule has 90 valence electrons. The highest BCUT2D eigenvalue weighted by molar-refractivity contribution is 7.98. The third-order valence-electron chi connectivity index (χ3n) is 2.01. The maximum absolute atomic E-state index is 9.18. The molecule has 0 saturated carbocycles. The number of anilines is 2. The van der Waals surface area contributed by atoms with E-state index < -0.39 is 5.54 Å². The Labute approximate surface area is 100 Å². The zero-order valence-corrected chi connectivity index (χ0v) is 10.9. The normalized spacial score (nSPS) is 11.3. The lowest BCUT2D eigenvalue weighted by Gasteiger charge is -2.24. The van der Waals surface area contributed by atoms with Crippen LogP contribution < -0.4 is 10.6 Å². The van der Waals surface area contributed by atoms with E-state index in [0.29, 0.717) is 11.0 Å². The molecular weight excluding hydrogens is 224 g/mol. The molecule has 0 spiro atoms. The van der Waals surface area contributed by atoms with E-state index in [4.69, 9.17) is 0 Å². The third kappa shape index (κ3) is 3.53. The largest absolute Gasteiger partial charge is 0.394 e. The van der Waals surface area contributed by atoms with Crippen LogP contribution in [0.15, 0.2) is 11.2 Å². The summed E-state index contributed by atoms with van der Waals surface area (Å²) < 4.78 is 0. The van der Waals surface area contributed by atoms with Gasteiger partial charge in [-0.1, -0.05) is 11.8 Å². The summed E-state index contributed by atoms with van der Waals surface area (Å²) in [6.45, 7) is 3.86. The molecule has 16 heavy (non-hydrogen) atoms.